The fourth-order valence-corrected chi connectivity index (χ4v) is 2.74. The van der Waals surface area contributed by atoms with Crippen molar-refractivity contribution in [2.24, 2.45) is 0 Å². The van der Waals surface area contributed by atoms with E-state index in [9.17, 15) is 4.79 Å². The minimum absolute atomic E-state index is 0.249. The lowest BCUT2D eigenvalue weighted by atomic mass is 9.95. The predicted octanol–water partition coefficient (Wildman–Crippen LogP) is 3.47. The Hall–Kier alpha value is -2.43. The van der Waals surface area contributed by atoms with Gasteiger partial charge in [-0.1, -0.05) is 19.3 Å². The summed E-state index contributed by atoms with van der Waals surface area (Å²) in [5.41, 5.74) is 2.17. The van der Waals surface area contributed by atoms with Crippen LogP contribution in [0.5, 0.6) is 0 Å². The zero-order valence-electron chi connectivity index (χ0n) is 12.5. The summed E-state index contributed by atoms with van der Waals surface area (Å²) in [6.07, 6.45) is 11.0. The van der Waals surface area contributed by atoms with Crippen LogP contribution in [0.4, 0.5) is 11.4 Å². The summed E-state index contributed by atoms with van der Waals surface area (Å²) < 4.78 is 0. The number of carbonyl (C=O) groups is 1. The van der Waals surface area contributed by atoms with Crippen molar-refractivity contribution in [2.75, 3.05) is 10.6 Å². The molecule has 0 aliphatic heterocycles. The Morgan fingerprint density at radius 1 is 1.00 bits per heavy atom. The third-order valence-corrected chi connectivity index (χ3v) is 3.91. The van der Waals surface area contributed by atoms with Crippen LogP contribution in [-0.4, -0.2) is 21.9 Å². The molecule has 1 amide bonds. The van der Waals surface area contributed by atoms with Gasteiger partial charge in [0.05, 0.1) is 6.20 Å². The highest BCUT2D eigenvalue weighted by Crippen LogP contribution is 2.22. The molecule has 1 aliphatic carbocycles. The molecule has 0 spiro atoms. The van der Waals surface area contributed by atoms with Gasteiger partial charge in [0.25, 0.3) is 5.91 Å². The van der Waals surface area contributed by atoms with E-state index in [4.69, 9.17) is 0 Å². The minimum Gasteiger partial charge on any atom is -0.382 e. The molecule has 2 aromatic rings. The number of nitrogens with zero attached hydrogens (tertiary/aromatic N) is 2. The van der Waals surface area contributed by atoms with Crippen LogP contribution in [0, 0.1) is 0 Å². The van der Waals surface area contributed by atoms with Crippen molar-refractivity contribution < 1.29 is 4.79 Å². The highest BCUT2D eigenvalue weighted by Gasteiger charge is 2.13. The summed E-state index contributed by atoms with van der Waals surface area (Å²) in [7, 11) is 0. The number of hydrogen-bond donors (Lipinski definition) is 2. The molecule has 0 unspecified atom stereocenters. The molecular formula is C17H20N4O. The van der Waals surface area contributed by atoms with Crippen molar-refractivity contribution in [1.82, 2.24) is 9.97 Å². The first-order valence-corrected chi connectivity index (χ1v) is 7.75. The van der Waals surface area contributed by atoms with Crippen molar-refractivity contribution in [1.29, 1.82) is 0 Å². The molecule has 2 N–H and O–H groups in total. The second-order valence-corrected chi connectivity index (χ2v) is 5.60. The van der Waals surface area contributed by atoms with E-state index in [2.05, 4.69) is 20.6 Å². The summed E-state index contributed by atoms with van der Waals surface area (Å²) in [4.78, 5) is 19.9. The van der Waals surface area contributed by atoms with Gasteiger partial charge in [0.1, 0.15) is 5.69 Å². The van der Waals surface area contributed by atoms with E-state index < -0.39 is 0 Å². The molecule has 1 aliphatic rings. The number of hydrogen-bond acceptors (Lipinski definition) is 4. The number of aromatic nitrogens is 2. The third kappa shape index (κ3) is 3.81. The monoisotopic (exact) mass is 296 g/mol. The normalized spacial score (nSPS) is 15.3. The maximum Gasteiger partial charge on any atom is 0.275 e. The van der Waals surface area contributed by atoms with Crippen LogP contribution in [-0.2, 0) is 0 Å². The Morgan fingerprint density at radius 2 is 1.73 bits per heavy atom. The smallest absolute Gasteiger partial charge is 0.275 e. The molecule has 1 aromatic carbocycles. The number of benzene rings is 1. The van der Waals surface area contributed by atoms with Crippen molar-refractivity contribution >= 4 is 17.3 Å². The van der Waals surface area contributed by atoms with E-state index in [1.165, 1.54) is 44.5 Å². The van der Waals surface area contributed by atoms with Gasteiger partial charge in [-0.25, -0.2) is 4.98 Å². The summed E-state index contributed by atoms with van der Waals surface area (Å²) in [6, 6.07) is 8.38. The van der Waals surface area contributed by atoms with Crippen molar-refractivity contribution in [3.8, 4) is 0 Å². The third-order valence-electron chi connectivity index (χ3n) is 3.91. The van der Waals surface area contributed by atoms with Gasteiger partial charge in [-0.3, -0.25) is 9.78 Å². The van der Waals surface area contributed by atoms with Crippen LogP contribution >= 0.6 is 0 Å². The van der Waals surface area contributed by atoms with Crippen molar-refractivity contribution in [3.63, 3.8) is 0 Å². The van der Waals surface area contributed by atoms with Gasteiger partial charge in [0.15, 0.2) is 0 Å². The van der Waals surface area contributed by atoms with Crippen LogP contribution in [0.3, 0.4) is 0 Å². The number of nitrogens with one attached hydrogen (secondary N) is 2. The van der Waals surface area contributed by atoms with E-state index >= 15 is 0 Å². The molecule has 0 atom stereocenters. The summed E-state index contributed by atoms with van der Waals surface area (Å²) in [5, 5.41) is 6.38. The Bertz CT molecular complexity index is 606. The average molecular weight is 296 g/mol. The standard InChI is InChI=1S/C17H20N4O/c22-17(16-12-18-10-11-19-16)21-15-8-6-14(7-9-15)20-13-4-2-1-3-5-13/h6-13,20H,1-5H2,(H,21,22). The van der Waals surface area contributed by atoms with E-state index in [0.29, 0.717) is 11.7 Å². The topological polar surface area (TPSA) is 66.9 Å². The van der Waals surface area contributed by atoms with Gasteiger partial charge in [0, 0.05) is 29.8 Å². The molecule has 1 saturated carbocycles. The maximum absolute atomic E-state index is 12.0. The molecule has 1 aromatic heterocycles. The van der Waals surface area contributed by atoms with E-state index in [1.54, 1.807) is 6.20 Å². The first kappa shape index (κ1) is 14.5. The molecule has 1 fully saturated rings. The molecule has 22 heavy (non-hydrogen) atoms. The molecule has 1 heterocycles. The molecular weight excluding hydrogens is 276 g/mol. The van der Waals surface area contributed by atoms with E-state index in [0.717, 1.165) is 11.4 Å². The zero-order chi connectivity index (χ0) is 15.2. The van der Waals surface area contributed by atoms with Gasteiger partial charge in [-0.15, -0.1) is 0 Å². The fraction of sp³-hybridized carbons (Fsp3) is 0.353. The molecule has 3 rings (SSSR count). The zero-order valence-corrected chi connectivity index (χ0v) is 12.5. The van der Waals surface area contributed by atoms with Crippen LogP contribution in [0.2, 0.25) is 0 Å². The average Bonchev–Trinajstić information content (AvgIpc) is 2.58. The summed E-state index contributed by atoms with van der Waals surface area (Å²) in [6.45, 7) is 0. The second-order valence-electron chi connectivity index (χ2n) is 5.60. The predicted molar refractivity (Wildman–Crippen MR) is 86.9 cm³/mol. The SMILES string of the molecule is O=C(Nc1ccc(NC2CCCCC2)cc1)c1cnccn1. The first-order valence-electron chi connectivity index (χ1n) is 7.75. The van der Waals surface area contributed by atoms with E-state index in [-0.39, 0.29) is 5.91 Å². The van der Waals surface area contributed by atoms with Gasteiger partial charge in [0.2, 0.25) is 0 Å². The van der Waals surface area contributed by atoms with Crippen molar-refractivity contribution in [3.05, 3.63) is 48.5 Å². The lowest BCUT2D eigenvalue weighted by molar-refractivity contribution is 0.102. The molecule has 5 heteroatoms. The molecule has 114 valence electrons. The van der Waals surface area contributed by atoms with Crippen LogP contribution < -0.4 is 10.6 Å². The minimum atomic E-state index is -0.249. The number of rotatable bonds is 4. The van der Waals surface area contributed by atoms with Gasteiger partial charge in [-0.05, 0) is 37.1 Å². The quantitative estimate of drug-likeness (QED) is 0.906. The van der Waals surface area contributed by atoms with Crippen LogP contribution in [0.1, 0.15) is 42.6 Å². The second kappa shape index (κ2) is 7.02. The molecule has 0 saturated heterocycles. The van der Waals surface area contributed by atoms with Crippen molar-refractivity contribution in [2.45, 2.75) is 38.1 Å². The summed E-state index contributed by atoms with van der Waals surface area (Å²) >= 11 is 0. The molecule has 0 bridgehead atoms. The maximum atomic E-state index is 12.0. The lowest BCUT2D eigenvalue weighted by Gasteiger charge is -2.23. The Balaban J connectivity index is 1.58. The summed E-state index contributed by atoms with van der Waals surface area (Å²) in [5.74, 6) is -0.249. The van der Waals surface area contributed by atoms with Crippen LogP contribution in [0.15, 0.2) is 42.9 Å². The lowest BCUT2D eigenvalue weighted by Crippen LogP contribution is -2.22. The van der Waals surface area contributed by atoms with Gasteiger partial charge >= 0.3 is 0 Å². The van der Waals surface area contributed by atoms with Crippen LogP contribution in [0.25, 0.3) is 0 Å². The Labute approximate surface area is 130 Å². The number of anilines is 2. The van der Waals surface area contributed by atoms with Gasteiger partial charge < -0.3 is 10.6 Å². The highest BCUT2D eigenvalue weighted by molar-refractivity contribution is 6.02. The Kier molecular flexibility index (Phi) is 4.63. The molecule has 0 radical (unpaired) electrons. The highest BCUT2D eigenvalue weighted by atomic mass is 16.1. The van der Waals surface area contributed by atoms with E-state index in [1.807, 2.05) is 24.3 Å². The fourth-order valence-electron chi connectivity index (χ4n) is 2.74. The number of carbonyl (C=O) groups excluding carboxylic acids is 1. The Morgan fingerprint density at radius 3 is 2.41 bits per heavy atom. The first-order chi connectivity index (χ1) is 10.8. The molecule has 5 nitrogen and oxygen atoms in total. The number of amides is 1. The van der Waals surface area contributed by atoms with Gasteiger partial charge in [-0.2, -0.15) is 0 Å². The largest absolute Gasteiger partial charge is 0.382 e.